The van der Waals surface area contributed by atoms with E-state index in [1.165, 1.54) is 33.5 Å². The van der Waals surface area contributed by atoms with Crippen LogP contribution in [0.2, 0.25) is 0 Å². The molecule has 0 saturated carbocycles. The largest absolute Gasteiger partial charge is 0.496 e. The maximum atomic E-state index is 11.3. The van der Waals surface area contributed by atoms with Gasteiger partial charge in [-0.15, -0.1) is 5.10 Å². The summed E-state index contributed by atoms with van der Waals surface area (Å²) in [5.74, 6) is 0.473. The standard InChI is InChI=1S/C22H19N5O6/c1-30-13-8-15(31-2)18(16(9-13)32-3)17-14(10-23)21(24)33-22-19(17)20(25-26-22)11-5-4-6-12(7-11)27(28)29/h4-9,17H,24H2,1-3H3,(H,25,26)/t17-/m0/s1. The lowest BCUT2D eigenvalue weighted by molar-refractivity contribution is -0.384. The molecule has 11 nitrogen and oxygen atoms in total. The van der Waals surface area contributed by atoms with Gasteiger partial charge in [-0.1, -0.05) is 12.1 Å². The summed E-state index contributed by atoms with van der Waals surface area (Å²) in [7, 11) is 4.47. The van der Waals surface area contributed by atoms with Crippen LogP contribution in [0.1, 0.15) is 17.0 Å². The number of hydrogen-bond donors (Lipinski definition) is 2. The lowest BCUT2D eigenvalue weighted by atomic mass is 9.82. The summed E-state index contributed by atoms with van der Waals surface area (Å²) < 4.78 is 22.2. The fourth-order valence-electron chi connectivity index (χ4n) is 3.85. The van der Waals surface area contributed by atoms with Crippen molar-refractivity contribution in [3.63, 3.8) is 0 Å². The van der Waals surface area contributed by atoms with E-state index in [2.05, 4.69) is 16.3 Å². The number of aromatic amines is 1. The minimum Gasteiger partial charge on any atom is -0.496 e. The van der Waals surface area contributed by atoms with E-state index in [0.717, 1.165) is 0 Å². The molecular weight excluding hydrogens is 430 g/mol. The topological polar surface area (TPSA) is 159 Å². The fraction of sp³-hybridized carbons (Fsp3) is 0.182. The molecule has 1 aliphatic heterocycles. The smallest absolute Gasteiger partial charge is 0.270 e. The lowest BCUT2D eigenvalue weighted by Crippen LogP contribution is -2.21. The molecule has 3 N–H and O–H groups in total. The van der Waals surface area contributed by atoms with Crippen LogP contribution in [0.15, 0.2) is 47.9 Å². The van der Waals surface area contributed by atoms with Crippen LogP contribution in [0, 0.1) is 21.4 Å². The molecule has 0 unspecified atom stereocenters. The van der Waals surface area contributed by atoms with Crippen LogP contribution >= 0.6 is 0 Å². The number of nitriles is 1. The van der Waals surface area contributed by atoms with Gasteiger partial charge >= 0.3 is 0 Å². The van der Waals surface area contributed by atoms with E-state index in [4.69, 9.17) is 24.7 Å². The molecule has 0 radical (unpaired) electrons. The first-order chi connectivity index (χ1) is 15.9. The number of non-ortho nitro benzene ring substituents is 1. The molecule has 1 aliphatic rings. The highest BCUT2D eigenvalue weighted by Gasteiger charge is 2.39. The normalized spacial score (nSPS) is 14.7. The molecule has 33 heavy (non-hydrogen) atoms. The highest BCUT2D eigenvalue weighted by molar-refractivity contribution is 5.74. The SMILES string of the molecule is COc1cc(OC)c([C@@H]2C(C#N)=C(N)Oc3n[nH]c(-c4cccc([N+](=O)[O-])c4)c32)c(OC)c1. The summed E-state index contributed by atoms with van der Waals surface area (Å²) in [5, 5.41) is 28.3. The Morgan fingerprint density at radius 3 is 2.42 bits per heavy atom. The number of allylic oxidation sites excluding steroid dienone is 1. The second-order valence-corrected chi connectivity index (χ2v) is 7.00. The molecule has 0 bridgehead atoms. The molecular formula is C22H19N5O6. The number of methoxy groups -OCH3 is 3. The number of aromatic nitrogens is 2. The van der Waals surface area contributed by atoms with Crippen LogP contribution in [-0.2, 0) is 0 Å². The minimum absolute atomic E-state index is 0.0979. The second kappa shape index (κ2) is 8.43. The van der Waals surface area contributed by atoms with Gasteiger partial charge in [-0.05, 0) is 0 Å². The van der Waals surface area contributed by atoms with Gasteiger partial charge in [0.1, 0.15) is 28.9 Å². The van der Waals surface area contributed by atoms with Gasteiger partial charge in [-0.2, -0.15) is 5.26 Å². The zero-order valence-corrected chi connectivity index (χ0v) is 17.9. The van der Waals surface area contributed by atoms with E-state index in [9.17, 15) is 15.4 Å². The van der Waals surface area contributed by atoms with Crippen LogP contribution in [-0.4, -0.2) is 36.5 Å². The van der Waals surface area contributed by atoms with Gasteiger partial charge in [0, 0.05) is 35.4 Å². The van der Waals surface area contributed by atoms with Crippen molar-refractivity contribution in [2.45, 2.75) is 5.92 Å². The lowest BCUT2D eigenvalue weighted by Gasteiger charge is -2.27. The minimum atomic E-state index is -0.803. The summed E-state index contributed by atoms with van der Waals surface area (Å²) in [6.07, 6.45) is 0. The molecule has 2 heterocycles. The Labute approximate surface area is 188 Å². The molecule has 4 rings (SSSR count). The number of nitro benzene ring substituents is 1. The van der Waals surface area contributed by atoms with Crippen molar-refractivity contribution < 1.29 is 23.9 Å². The summed E-state index contributed by atoms with van der Waals surface area (Å²) in [6, 6.07) is 11.5. The molecule has 1 atom stereocenters. The number of nitro groups is 1. The Morgan fingerprint density at radius 1 is 1.15 bits per heavy atom. The highest BCUT2D eigenvalue weighted by atomic mass is 16.6. The van der Waals surface area contributed by atoms with Crippen molar-refractivity contribution in [1.29, 1.82) is 5.26 Å². The Kier molecular flexibility index (Phi) is 5.49. The predicted molar refractivity (Wildman–Crippen MR) is 116 cm³/mol. The predicted octanol–water partition coefficient (Wildman–Crippen LogP) is 3.23. The van der Waals surface area contributed by atoms with Gasteiger partial charge in [0.25, 0.3) is 5.69 Å². The summed E-state index contributed by atoms with van der Waals surface area (Å²) >= 11 is 0. The van der Waals surface area contributed by atoms with E-state index in [0.29, 0.717) is 39.6 Å². The van der Waals surface area contributed by atoms with E-state index < -0.39 is 10.8 Å². The number of hydrogen-bond acceptors (Lipinski definition) is 9. The quantitative estimate of drug-likeness (QED) is 0.425. The van der Waals surface area contributed by atoms with E-state index in [1.807, 2.05) is 0 Å². The van der Waals surface area contributed by atoms with Crippen LogP contribution in [0.4, 0.5) is 5.69 Å². The summed E-state index contributed by atoms with van der Waals surface area (Å²) in [6.45, 7) is 0. The fourth-order valence-corrected chi connectivity index (χ4v) is 3.85. The molecule has 2 aromatic carbocycles. The van der Waals surface area contributed by atoms with Gasteiger partial charge in [0.2, 0.25) is 11.8 Å². The average molecular weight is 449 g/mol. The highest BCUT2D eigenvalue weighted by Crippen LogP contribution is 2.51. The van der Waals surface area contributed by atoms with Crippen LogP contribution < -0.4 is 24.7 Å². The maximum absolute atomic E-state index is 11.3. The van der Waals surface area contributed by atoms with Crippen molar-refractivity contribution in [2.24, 2.45) is 5.73 Å². The van der Waals surface area contributed by atoms with Crippen LogP contribution in [0.25, 0.3) is 11.3 Å². The molecule has 1 aromatic heterocycles. The number of benzene rings is 2. The Balaban J connectivity index is 2.03. The van der Waals surface area contributed by atoms with Crippen LogP contribution in [0.3, 0.4) is 0 Å². The number of fused-ring (bicyclic) bond motifs is 1. The number of nitrogens with one attached hydrogen (secondary N) is 1. The number of rotatable bonds is 6. The molecule has 3 aromatic rings. The van der Waals surface area contributed by atoms with Gasteiger partial charge in [-0.25, -0.2) is 0 Å². The number of nitrogens with zero attached hydrogens (tertiary/aromatic N) is 3. The third kappa shape index (κ3) is 3.53. The number of nitrogens with two attached hydrogens (primary N) is 1. The summed E-state index contributed by atoms with van der Waals surface area (Å²) in [5.41, 5.74) is 7.95. The average Bonchev–Trinajstić information content (AvgIpc) is 3.25. The molecule has 168 valence electrons. The van der Waals surface area contributed by atoms with Crippen molar-refractivity contribution >= 4 is 5.69 Å². The van der Waals surface area contributed by atoms with Crippen molar-refractivity contribution in [3.05, 3.63) is 69.1 Å². The van der Waals surface area contributed by atoms with Gasteiger partial charge in [-0.3, -0.25) is 15.2 Å². The second-order valence-electron chi connectivity index (χ2n) is 7.00. The van der Waals surface area contributed by atoms with E-state index in [1.54, 1.807) is 24.3 Å². The third-order valence-corrected chi connectivity index (χ3v) is 5.33. The first-order valence-corrected chi connectivity index (χ1v) is 9.64. The van der Waals surface area contributed by atoms with Crippen molar-refractivity contribution in [3.8, 4) is 40.5 Å². The number of H-pyrrole nitrogens is 1. The Morgan fingerprint density at radius 2 is 1.85 bits per heavy atom. The zero-order chi connectivity index (χ0) is 23.7. The third-order valence-electron chi connectivity index (χ3n) is 5.33. The summed E-state index contributed by atoms with van der Waals surface area (Å²) in [4.78, 5) is 10.8. The first-order valence-electron chi connectivity index (χ1n) is 9.64. The van der Waals surface area contributed by atoms with Gasteiger partial charge in [0.15, 0.2) is 0 Å². The molecule has 0 amide bonds. The zero-order valence-electron chi connectivity index (χ0n) is 17.9. The van der Waals surface area contributed by atoms with Gasteiger partial charge in [0.05, 0.1) is 43.4 Å². The molecule has 11 heteroatoms. The van der Waals surface area contributed by atoms with E-state index in [-0.39, 0.29) is 23.0 Å². The van der Waals surface area contributed by atoms with Crippen molar-refractivity contribution in [1.82, 2.24) is 10.2 Å². The molecule has 0 fully saturated rings. The number of ether oxygens (including phenoxy) is 4. The van der Waals surface area contributed by atoms with Crippen LogP contribution in [0.5, 0.6) is 23.1 Å². The maximum Gasteiger partial charge on any atom is 0.270 e. The monoisotopic (exact) mass is 449 g/mol. The Hall–Kier alpha value is -4.72. The van der Waals surface area contributed by atoms with Crippen molar-refractivity contribution in [2.75, 3.05) is 21.3 Å². The Bertz CT molecular complexity index is 1300. The molecule has 0 saturated heterocycles. The first kappa shape index (κ1) is 21.5. The van der Waals surface area contributed by atoms with Gasteiger partial charge < -0.3 is 24.7 Å². The molecule has 0 spiro atoms. The van der Waals surface area contributed by atoms with E-state index >= 15 is 0 Å². The molecule has 0 aliphatic carbocycles.